The standard InChI is InChI=1S/C23H26N6O4S2/c1-14-3-5-18(6-4-14)35(32,33)28-10-9-20-23(28)24-13-21-25-26-22(29(20)21)19-12-16(11-15(19)2)27-34(30,31)17-7-8-17/h3-6,9-10,13,15-17,19,27H,7-8,11-12H2,1-2H3/t15-,16+,19+/m0/s1. The van der Waals surface area contributed by atoms with Gasteiger partial charge in [-0.2, -0.15) is 0 Å². The summed E-state index contributed by atoms with van der Waals surface area (Å²) >= 11 is 0. The molecule has 35 heavy (non-hydrogen) atoms. The molecule has 0 radical (unpaired) electrons. The van der Waals surface area contributed by atoms with E-state index in [0.29, 0.717) is 29.8 Å². The summed E-state index contributed by atoms with van der Waals surface area (Å²) < 4.78 is 57.5. The van der Waals surface area contributed by atoms with E-state index in [2.05, 4.69) is 26.8 Å². The fourth-order valence-electron chi connectivity index (χ4n) is 5.12. The molecule has 0 spiro atoms. The summed E-state index contributed by atoms with van der Waals surface area (Å²) in [6.07, 6.45) is 5.79. The number of hydrogen-bond donors (Lipinski definition) is 1. The van der Waals surface area contributed by atoms with E-state index in [0.717, 1.165) is 18.4 Å². The number of rotatable bonds is 6. The fourth-order valence-corrected chi connectivity index (χ4v) is 8.02. The zero-order chi connectivity index (χ0) is 24.5. The molecule has 0 amide bonds. The molecule has 3 atom stereocenters. The molecule has 2 fully saturated rings. The van der Waals surface area contributed by atoms with E-state index in [1.807, 2.05) is 11.3 Å². The highest BCUT2D eigenvalue weighted by molar-refractivity contribution is 7.90. The molecule has 0 bridgehead atoms. The Morgan fingerprint density at radius 2 is 1.74 bits per heavy atom. The molecule has 3 aromatic heterocycles. The SMILES string of the molecule is Cc1ccc(S(=O)(=O)n2ccc3c2ncc2nnc([C@@H]4C[C@H](NS(=O)(=O)C5CC5)C[C@@H]4C)n23)cc1. The molecule has 0 unspecified atom stereocenters. The number of benzene rings is 1. The predicted octanol–water partition coefficient (Wildman–Crippen LogP) is 2.59. The Labute approximate surface area is 203 Å². The molecular formula is C23H26N6O4S2. The maximum atomic E-state index is 13.3. The van der Waals surface area contributed by atoms with E-state index >= 15 is 0 Å². The maximum Gasteiger partial charge on any atom is 0.269 e. The highest BCUT2D eigenvalue weighted by Gasteiger charge is 2.41. The Morgan fingerprint density at radius 1 is 1.00 bits per heavy atom. The zero-order valence-corrected chi connectivity index (χ0v) is 21.0. The zero-order valence-electron chi connectivity index (χ0n) is 19.4. The van der Waals surface area contributed by atoms with Crippen LogP contribution in [-0.4, -0.2) is 51.7 Å². The Hall–Kier alpha value is -2.83. The summed E-state index contributed by atoms with van der Waals surface area (Å²) in [4.78, 5) is 4.58. The number of aromatic nitrogens is 5. The lowest BCUT2D eigenvalue weighted by molar-refractivity contribution is 0.505. The Morgan fingerprint density at radius 3 is 2.46 bits per heavy atom. The van der Waals surface area contributed by atoms with Crippen molar-refractivity contribution in [2.45, 2.75) is 61.6 Å². The first-order chi connectivity index (χ1) is 16.6. The van der Waals surface area contributed by atoms with Gasteiger partial charge in [-0.05, 0) is 56.7 Å². The molecule has 2 aliphatic rings. The van der Waals surface area contributed by atoms with Gasteiger partial charge in [0.1, 0.15) is 5.82 Å². The van der Waals surface area contributed by atoms with Crippen LogP contribution in [0.5, 0.6) is 0 Å². The summed E-state index contributed by atoms with van der Waals surface area (Å²) in [5, 5.41) is 8.45. The van der Waals surface area contributed by atoms with E-state index in [4.69, 9.17) is 0 Å². The molecule has 6 rings (SSSR count). The van der Waals surface area contributed by atoms with Crippen LogP contribution in [0.2, 0.25) is 0 Å². The predicted molar refractivity (Wildman–Crippen MR) is 130 cm³/mol. The number of fused-ring (bicyclic) bond motifs is 3. The average Bonchev–Trinajstić information content (AvgIpc) is 3.30. The number of aryl methyl sites for hydroxylation is 1. The minimum absolute atomic E-state index is 0.0282. The van der Waals surface area contributed by atoms with Gasteiger partial charge in [-0.1, -0.05) is 24.6 Å². The fraction of sp³-hybridized carbons (Fsp3) is 0.435. The van der Waals surface area contributed by atoms with E-state index in [1.165, 1.54) is 16.4 Å². The number of nitrogens with zero attached hydrogens (tertiary/aromatic N) is 5. The van der Waals surface area contributed by atoms with Crippen molar-refractivity contribution in [1.29, 1.82) is 0 Å². The van der Waals surface area contributed by atoms with Crippen LogP contribution >= 0.6 is 0 Å². The summed E-state index contributed by atoms with van der Waals surface area (Å²) in [5.74, 6) is 0.842. The summed E-state index contributed by atoms with van der Waals surface area (Å²) in [6.45, 7) is 3.99. The molecule has 4 aromatic rings. The molecule has 0 aliphatic heterocycles. The second-order valence-corrected chi connectivity index (χ2v) is 13.6. The largest absolute Gasteiger partial charge is 0.274 e. The number of nitrogens with one attached hydrogen (secondary N) is 1. The minimum atomic E-state index is -3.84. The minimum Gasteiger partial charge on any atom is -0.274 e. The van der Waals surface area contributed by atoms with Crippen molar-refractivity contribution in [2.24, 2.45) is 5.92 Å². The van der Waals surface area contributed by atoms with Gasteiger partial charge in [-0.15, -0.1) is 10.2 Å². The summed E-state index contributed by atoms with van der Waals surface area (Å²) in [6, 6.07) is 8.25. The third-order valence-electron chi connectivity index (χ3n) is 7.15. The van der Waals surface area contributed by atoms with Gasteiger partial charge >= 0.3 is 0 Å². The monoisotopic (exact) mass is 514 g/mol. The maximum absolute atomic E-state index is 13.3. The Balaban J connectivity index is 1.39. The molecule has 3 heterocycles. The normalized spacial score (nSPS) is 23.4. The molecular weight excluding hydrogens is 488 g/mol. The summed E-state index contributed by atoms with van der Waals surface area (Å²) in [5.41, 5.74) is 2.37. The molecule has 184 valence electrons. The van der Waals surface area contributed by atoms with Crippen molar-refractivity contribution in [2.75, 3.05) is 0 Å². The van der Waals surface area contributed by atoms with Gasteiger partial charge in [0.15, 0.2) is 11.3 Å². The molecule has 2 saturated carbocycles. The van der Waals surface area contributed by atoms with E-state index < -0.39 is 20.0 Å². The third kappa shape index (κ3) is 3.74. The molecule has 1 aromatic carbocycles. The quantitative estimate of drug-likeness (QED) is 0.419. The summed E-state index contributed by atoms with van der Waals surface area (Å²) in [7, 11) is -7.12. The average molecular weight is 515 g/mol. The van der Waals surface area contributed by atoms with Crippen LogP contribution in [0.4, 0.5) is 0 Å². The number of hydrogen-bond acceptors (Lipinski definition) is 7. The Kier molecular flexibility index (Phi) is 5.07. The van der Waals surface area contributed by atoms with Crippen LogP contribution in [0, 0.1) is 12.8 Å². The van der Waals surface area contributed by atoms with Gasteiger partial charge in [0.05, 0.1) is 21.9 Å². The van der Waals surface area contributed by atoms with Gasteiger partial charge in [0.2, 0.25) is 10.0 Å². The first-order valence-electron chi connectivity index (χ1n) is 11.7. The lowest BCUT2D eigenvalue weighted by atomic mass is 9.97. The molecule has 1 N–H and O–H groups in total. The van der Waals surface area contributed by atoms with Crippen LogP contribution in [0.1, 0.15) is 49.9 Å². The highest BCUT2D eigenvalue weighted by atomic mass is 32.2. The van der Waals surface area contributed by atoms with Crippen molar-refractivity contribution in [3.63, 3.8) is 0 Å². The van der Waals surface area contributed by atoms with E-state index in [-0.39, 0.29) is 33.7 Å². The van der Waals surface area contributed by atoms with Gasteiger partial charge in [-0.3, -0.25) is 4.40 Å². The smallest absolute Gasteiger partial charge is 0.269 e. The Bertz CT molecular complexity index is 1650. The van der Waals surface area contributed by atoms with Crippen molar-refractivity contribution >= 4 is 36.9 Å². The van der Waals surface area contributed by atoms with Crippen LogP contribution in [0.3, 0.4) is 0 Å². The van der Waals surface area contributed by atoms with Crippen molar-refractivity contribution < 1.29 is 16.8 Å². The first kappa shape index (κ1) is 22.6. The first-order valence-corrected chi connectivity index (χ1v) is 14.7. The van der Waals surface area contributed by atoms with Crippen molar-refractivity contribution in [3.05, 3.63) is 54.1 Å². The van der Waals surface area contributed by atoms with Crippen LogP contribution in [0.15, 0.2) is 47.6 Å². The number of sulfonamides is 1. The third-order valence-corrected chi connectivity index (χ3v) is 10.8. The van der Waals surface area contributed by atoms with E-state index in [9.17, 15) is 16.8 Å². The topological polar surface area (TPSA) is 128 Å². The molecule has 0 saturated heterocycles. The van der Waals surface area contributed by atoms with Crippen molar-refractivity contribution in [1.82, 2.24) is 28.3 Å². The highest BCUT2D eigenvalue weighted by Crippen LogP contribution is 2.40. The van der Waals surface area contributed by atoms with Gasteiger partial charge in [0.25, 0.3) is 10.0 Å². The van der Waals surface area contributed by atoms with Gasteiger partial charge in [-0.25, -0.2) is 30.5 Å². The van der Waals surface area contributed by atoms with Crippen LogP contribution in [0.25, 0.3) is 16.8 Å². The second kappa shape index (κ2) is 7.84. The van der Waals surface area contributed by atoms with Gasteiger partial charge < -0.3 is 0 Å². The molecule has 12 heteroatoms. The van der Waals surface area contributed by atoms with E-state index in [1.54, 1.807) is 30.3 Å². The molecule has 2 aliphatic carbocycles. The molecule has 10 nitrogen and oxygen atoms in total. The van der Waals surface area contributed by atoms with Crippen LogP contribution < -0.4 is 4.72 Å². The second-order valence-electron chi connectivity index (χ2n) is 9.76. The van der Waals surface area contributed by atoms with Crippen molar-refractivity contribution in [3.8, 4) is 0 Å². The van der Waals surface area contributed by atoms with Crippen LogP contribution in [-0.2, 0) is 20.0 Å². The van der Waals surface area contributed by atoms with Gasteiger partial charge in [0, 0.05) is 18.2 Å². The lowest BCUT2D eigenvalue weighted by Crippen LogP contribution is -2.35. The lowest BCUT2D eigenvalue weighted by Gasteiger charge is -2.14.